The summed E-state index contributed by atoms with van der Waals surface area (Å²) in [6.45, 7) is 2.60. The summed E-state index contributed by atoms with van der Waals surface area (Å²) in [5, 5.41) is 0. The number of ether oxygens (including phenoxy) is 3. The fourth-order valence-electron chi connectivity index (χ4n) is 0.853. The first-order chi connectivity index (χ1) is 8.20. The summed E-state index contributed by atoms with van der Waals surface area (Å²) >= 11 is 12.7. The third-order valence-electron chi connectivity index (χ3n) is 1.64. The molecule has 0 heterocycles. The van der Waals surface area contributed by atoms with E-state index in [2.05, 4.69) is 0 Å². The van der Waals surface area contributed by atoms with Gasteiger partial charge < -0.3 is 14.2 Å². The maximum Gasteiger partial charge on any atom is 0.219 e. The van der Waals surface area contributed by atoms with Gasteiger partial charge in [0, 0.05) is 26.1 Å². The summed E-state index contributed by atoms with van der Waals surface area (Å²) in [4.78, 5) is 0. The van der Waals surface area contributed by atoms with Crippen molar-refractivity contribution in [2.45, 2.75) is 12.8 Å². The molecule has 0 aromatic heterocycles. The maximum atomic E-state index is 5.40. The third kappa shape index (κ3) is 12.7. The molecule has 17 heavy (non-hydrogen) atoms. The number of hydrogen-bond donors (Lipinski definition) is 0. The molecule has 0 bridgehead atoms. The predicted octanol–water partition coefficient (Wildman–Crippen LogP) is 3.11. The summed E-state index contributed by atoms with van der Waals surface area (Å²) < 4.78 is 17.0. The molecular weight excluding hydrogens is 296 g/mol. The molecule has 0 aromatic carbocycles. The van der Waals surface area contributed by atoms with E-state index in [9.17, 15) is 0 Å². The van der Waals surface area contributed by atoms with Crippen molar-refractivity contribution >= 4 is 56.7 Å². The Kier molecular flexibility index (Phi) is 13.2. The molecule has 7 heteroatoms. The summed E-state index contributed by atoms with van der Waals surface area (Å²) in [7, 11) is 0. The Balaban J connectivity index is 3.08. The summed E-state index contributed by atoms with van der Waals surface area (Å²) in [5.41, 5.74) is 0. The maximum absolute atomic E-state index is 5.40. The second kappa shape index (κ2) is 12.9. The average Bonchev–Trinajstić information content (AvgIpc) is 2.35. The molecule has 0 atom stereocenters. The molecule has 3 nitrogen and oxygen atoms in total. The van der Waals surface area contributed by atoms with Crippen LogP contribution in [0.5, 0.6) is 0 Å². The van der Waals surface area contributed by atoms with Crippen LogP contribution in [0.3, 0.4) is 0 Å². The van der Waals surface area contributed by atoms with E-state index in [1.54, 1.807) is 0 Å². The van der Waals surface area contributed by atoms with Gasteiger partial charge in [-0.1, -0.05) is 23.5 Å². The van der Waals surface area contributed by atoms with Gasteiger partial charge in [-0.15, -0.1) is 0 Å². The largest absolute Gasteiger partial charge is 0.479 e. The highest BCUT2D eigenvalue weighted by atomic mass is 32.2. The number of rotatable bonds is 8. The lowest BCUT2D eigenvalue weighted by atomic mass is 10.4. The molecule has 0 aliphatic rings. The molecule has 0 spiro atoms. The fraction of sp³-hybridized carbons (Fsp3) is 0.800. The molecule has 0 rings (SSSR count). The highest BCUT2D eigenvalue weighted by Crippen LogP contribution is 2.01. The van der Waals surface area contributed by atoms with Crippen LogP contribution in [-0.4, -0.2) is 47.7 Å². The van der Waals surface area contributed by atoms with Gasteiger partial charge in [-0.3, -0.25) is 0 Å². The van der Waals surface area contributed by atoms with Crippen LogP contribution in [0.1, 0.15) is 12.8 Å². The van der Waals surface area contributed by atoms with Crippen LogP contribution < -0.4 is 0 Å². The van der Waals surface area contributed by atoms with Crippen molar-refractivity contribution in [2.75, 3.05) is 38.9 Å². The lowest BCUT2D eigenvalue weighted by molar-refractivity contribution is 0.106. The first-order valence-corrected chi connectivity index (χ1v) is 8.46. The van der Waals surface area contributed by atoms with Crippen molar-refractivity contribution in [2.24, 2.45) is 0 Å². The molecule has 0 saturated carbocycles. The van der Waals surface area contributed by atoms with Crippen LogP contribution in [0.25, 0.3) is 0 Å². The Morgan fingerprint density at radius 3 is 1.59 bits per heavy atom. The summed E-state index contributed by atoms with van der Waals surface area (Å²) in [6, 6.07) is 0. The van der Waals surface area contributed by atoms with Crippen LogP contribution in [0.4, 0.5) is 0 Å². The Hall–Kier alpha value is 0.440. The Morgan fingerprint density at radius 1 is 0.824 bits per heavy atom. The Morgan fingerprint density at radius 2 is 1.24 bits per heavy atom. The average molecular weight is 315 g/mol. The van der Waals surface area contributed by atoms with E-state index in [0.717, 1.165) is 12.8 Å². The number of thioether (sulfide) groups is 2. The third-order valence-corrected chi connectivity index (χ3v) is 3.78. The minimum atomic E-state index is 0.587. The first kappa shape index (κ1) is 17.4. The van der Waals surface area contributed by atoms with E-state index in [4.69, 9.17) is 38.6 Å². The topological polar surface area (TPSA) is 27.7 Å². The van der Waals surface area contributed by atoms with Gasteiger partial charge >= 0.3 is 0 Å². The zero-order chi connectivity index (χ0) is 12.9. The van der Waals surface area contributed by atoms with Gasteiger partial charge in [0.1, 0.15) is 0 Å². The van der Waals surface area contributed by atoms with E-state index in [1.807, 2.05) is 12.5 Å². The molecule has 0 N–H and O–H groups in total. The lowest BCUT2D eigenvalue weighted by Gasteiger charge is -2.07. The van der Waals surface area contributed by atoms with Crippen molar-refractivity contribution in [1.82, 2.24) is 0 Å². The van der Waals surface area contributed by atoms with E-state index >= 15 is 0 Å². The second-order valence-electron chi connectivity index (χ2n) is 2.92. The van der Waals surface area contributed by atoms with Crippen LogP contribution >= 0.6 is 48.0 Å². The molecule has 0 aliphatic heterocycles. The minimum Gasteiger partial charge on any atom is -0.479 e. The quantitative estimate of drug-likeness (QED) is 0.502. The van der Waals surface area contributed by atoms with Crippen molar-refractivity contribution < 1.29 is 14.2 Å². The SMILES string of the molecule is CSC(=S)OCCCOCCCOC(=S)SC. The van der Waals surface area contributed by atoms with Crippen molar-refractivity contribution in [3.05, 3.63) is 0 Å². The van der Waals surface area contributed by atoms with Gasteiger partial charge in [0.25, 0.3) is 0 Å². The molecule has 0 fully saturated rings. The van der Waals surface area contributed by atoms with E-state index < -0.39 is 0 Å². The molecule has 100 valence electrons. The van der Waals surface area contributed by atoms with Crippen LogP contribution in [0.2, 0.25) is 0 Å². The standard InChI is InChI=1S/C10H18O3S4/c1-16-9(14)12-7-3-5-11-6-4-8-13-10(15)17-2/h3-8H2,1-2H3. The second-order valence-corrected chi connectivity index (χ2v) is 5.74. The van der Waals surface area contributed by atoms with Gasteiger partial charge in [-0.2, -0.15) is 0 Å². The van der Waals surface area contributed by atoms with E-state index in [-0.39, 0.29) is 0 Å². The van der Waals surface area contributed by atoms with E-state index in [0.29, 0.717) is 35.2 Å². The lowest BCUT2D eigenvalue weighted by Crippen LogP contribution is -2.06. The molecular formula is C10H18O3S4. The van der Waals surface area contributed by atoms with Gasteiger partial charge in [-0.25, -0.2) is 0 Å². The highest BCUT2D eigenvalue weighted by molar-refractivity contribution is 8.22. The van der Waals surface area contributed by atoms with Crippen LogP contribution in [0, 0.1) is 0 Å². The highest BCUT2D eigenvalue weighted by Gasteiger charge is 1.96. The van der Waals surface area contributed by atoms with Crippen molar-refractivity contribution in [1.29, 1.82) is 0 Å². The van der Waals surface area contributed by atoms with Crippen molar-refractivity contribution in [3.8, 4) is 0 Å². The van der Waals surface area contributed by atoms with Crippen LogP contribution in [-0.2, 0) is 14.2 Å². The number of hydrogen-bond acceptors (Lipinski definition) is 7. The van der Waals surface area contributed by atoms with Gasteiger partial charge in [0.15, 0.2) is 0 Å². The number of thiocarbonyl (C=S) groups is 2. The first-order valence-electron chi connectivity index (χ1n) is 5.20. The van der Waals surface area contributed by atoms with Crippen molar-refractivity contribution in [3.63, 3.8) is 0 Å². The normalized spacial score (nSPS) is 10.0. The molecule has 0 aromatic rings. The van der Waals surface area contributed by atoms with Gasteiger partial charge in [-0.05, 0) is 36.9 Å². The molecule has 0 radical (unpaired) electrons. The molecule has 0 unspecified atom stereocenters. The van der Waals surface area contributed by atoms with Gasteiger partial charge in [0.2, 0.25) is 8.77 Å². The summed E-state index contributed by atoms with van der Waals surface area (Å²) in [5.74, 6) is 0. The summed E-state index contributed by atoms with van der Waals surface area (Å²) in [6.07, 6.45) is 5.51. The van der Waals surface area contributed by atoms with E-state index in [1.165, 1.54) is 23.5 Å². The monoisotopic (exact) mass is 314 g/mol. The molecule has 0 aliphatic carbocycles. The Labute approximate surface area is 122 Å². The Bertz CT molecular complexity index is 202. The van der Waals surface area contributed by atoms with Crippen LogP contribution in [0.15, 0.2) is 0 Å². The zero-order valence-electron chi connectivity index (χ0n) is 10.1. The minimum absolute atomic E-state index is 0.587. The molecule has 0 saturated heterocycles. The zero-order valence-corrected chi connectivity index (χ0v) is 13.4. The molecule has 0 amide bonds. The smallest absolute Gasteiger partial charge is 0.219 e. The van der Waals surface area contributed by atoms with Gasteiger partial charge in [0.05, 0.1) is 13.2 Å². The predicted molar refractivity (Wildman–Crippen MR) is 84.2 cm³/mol. The fourth-order valence-corrected chi connectivity index (χ4v) is 1.42.